The molecule has 0 aliphatic rings. The monoisotopic (exact) mass is 277 g/mol. The number of benzene rings is 1. The van der Waals surface area contributed by atoms with Crippen LogP contribution in [0.5, 0.6) is 5.75 Å². The van der Waals surface area contributed by atoms with E-state index >= 15 is 0 Å². The summed E-state index contributed by atoms with van der Waals surface area (Å²) in [7, 11) is 1.66. The third-order valence-corrected chi connectivity index (χ3v) is 3.64. The smallest absolute Gasteiger partial charge is 0.118 e. The Morgan fingerprint density at radius 1 is 1.21 bits per heavy atom. The van der Waals surface area contributed by atoms with Gasteiger partial charge in [0.05, 0.1) is 19.8 Å². The lowest BCUT2D eigenvalue weighted by atomic mass is 10.1. The van der Waals surface area contributed by atoms with Gasteiger partial charge in [0.25, 0.3) is 0 Å². The zero-order valence-corrected chi connectivity index (χ0v) is 12.0. The fourth-order valence-electron chi connectivity index (χ4n) is 1.90. The Bertz CT molecular complexity index is 479. The largest absolute Gasteiger partial charge is 0.497 e. The van der Waals surface area contributed by atoms with E-state index in [0.717, 1.165) is 16.9 Å². The van der Waals surface area contributed by atoms with Crippen LogP contribution in [-0.4, -0.2) is 13.2 Å². The Morgan fingerprint density at radius 3 is 2.47 bits per heavy atom. The molecule has 2 aromatic rings. The SMILES string of the molecule is COc1ccc(COC(c2ccsc2)C(C)N)cc1. The van der Waals surface area contributed by atoms with Crippen LogP contribution < -0.4 is 10.5 Å². The highest BCUT2D eigenvalue weighted by Crippen LogP contribution is 2.24. The van der Waals surface area contributed by atoms with E-state index in [1.807, 2.05) is 36.6 Å². The van der Waals surface area contributed by atoms with Crippen molar-refractivity contribution in [3.05, 3.63) is 52.2 Å². The van der Waals surface area contributed by atoms with Crippen LogP contribution in [0.3, 0.4) is 0 Å². The number of hydrogen-bond acceptors (Lipinski definition) is 4. The number of ether oxygens (including phenoxy) is 2. The van der Waals surface area contributed by atoms with Crippen LogP contribution in [0.15, 0.2) is 41.1 Å². The Hall–Kier alpha value is -1.36. The topological polar surface area (TPSA) is 44.5 Å². The number of nitrogens with two attached hydrogens (primary N) is 1. The molecule has 0 radical (unpaired) electrons. The molecule has 0 saturated heterocycles. The lowest BCUT2D eigenvalue weighted by Crippen LogP contribution is -2.26. The molecular formula is C15H19NO2S. The lowest BCUT2D eigenvalue weighted by Gasteiger charge is -2.20. The third kappa shape index (κ3) is 3.80. The van der Waals surface area contributed by atoms with Gasteiger partial charge in [-0.1, -0.05) is 12.1 Å². The van der Waals surface area contributed by atoms with Crippen molar-refractivity contribution in [3.63, 3.8) is 0 Å². The van der Waals surface area contributed by atoms with E-state index in [0.29, 0.717) is 6.61 Å². The van der Waals surface area contributed by atoms with Crippen molar-refractivity contribution in [2.45, 2.75) is 25.7 Å². The minimum absolute atomic E-state index is 0.0344. The highest BCUT2D eigenvalue weighted by Gasteiger charge is 2.17. The molecule has 0 saturated carbocycles. The molecule has 0 aliphatic heterocycles. The molecule has 0 bridgehead atoms. The van der Waals surface area contributed by atoms with Gasteiger partial charge in [-0.15, -0.1) is 0 Å². The molecule has 2 rings (SSSR count). The highest BCUT2D eigenvalue weighted by molar-refractivity contribution is 7.07. The van der Waals surface area contributed by atoms with Gasteiger partial charge in [-0.25, -0.2) is 0 Å². The summed E-state index contributed by atoms with van der Waals surface area (Å²) in [4.78, 5) is 0. The lowest BCUT2D eigenvalue weighted by molar-refractivity contribution is 0.0261. The van der Waals surface area contributed by atoms with Crippen LogP contribution >= 0.6 is 11.3 Å². The molecular weight excluding hydrogens is 258 g/mol. The second-order valence-corrected chi connectivity index (χ2v) is 5.28. The van der Waals surface area contributed by atoms with Crippen molar-refractivity contribution in [3.8, 4) is 5.75 Å². The predicted octanol–water partition coefficient (Wildman–Crippen LogP) is 3.36. The van der Waals surface area contributed by atoms with E-state index in [1.54, 1.807) is 18.4 Å². The molecule has 1 heterocycles. The molecule has 4 heteroatoms. The Labute approximate surface area is 118 Å². The first-order valence-electron chi connectivity index (χ1n) is 6.23. The van der Waals surface area contributed by atoms with E-state index < -0.39 is 0 Å². The first-order chi connectivity index (χ1) is 9.20. The van der Waals surface area contributed by atoms with Crippen molar-refractivity contribution >= 4 is 11.3 Å². The van der Waals surface area contributed by atoms with Crippen molar-refractivity contribution in [2.24, 2.45) is 5.73 Å². The number of thiophene rings is 1. The summed E-state index contributed by atoms with van der Waals surface area (Å²) in [6.45, 7) is 2.52. The van der Waals surface area contributed by atoms with Crippen molar-refractivity contribution in [1.82, 2.24) is 0 Å². The summed E-state index contributed by atoms with van der Waals surface area (Å²) >= 11 is 1.66. The summed E-state index contributed by atoms with van der Waals surface area (Å²) in [5, 5.41) is 4.13. The molecule has 0 spiro atoms. The normalized spacial score (nSPS) is 14.1. The molecule has 0 amide bonds. The predicted molar refractivity (Wildman–Crippen MR) is 78.5 cm³/mol. The summed E-state index contributed by atoms with van der Waals surface area (Å²) in [5.41, 5.74) is 8.26. The number of rotatable bonds is 6. The highest BCUT2D eigenvalue weighted by atomic mass is 32.1. The fraction of sp³-hybridized carbons (Fsp3) is 0.333. The van der Waals surface area contributed by atoms with Crippen LogP contribution in [0, 0.1) is 0 Å². The van der Waals surface area contributed by atoms with Crippen LogP contribution in [0.25, 0.3) is 0 Å². The zero-order chi connectivity index (χ0) is 13.7. The molecule has 2 N–H and O–H groups in total. The maximum atomic E-state index is 6.00. The second-order valence-electron chi connectivity index (χ2n) is 4.50. The van der Waals surface area contributed by atoms with Crippen LogP contribution in [0.4, 0.5) is 0 Å². The van der Waals surface area contributed by atoms with Crippen LogP contribution in [0.1, 0.15) is 24.2 Å². The first-order valence-corrected chi connectivity index (χ1v) is 7.17. The van der Waals surface area contributed by atoms with E-state index in [1.165, 1.54) is 0 Å². The summed E-state index contributed by atoms with van der Waals surface area (Å²) in [6, 6.07) is 9.91. The van der Waals surface area contributed by atoms with Gasteiger partial charge in [0.15, 0.2) is 0 Å². The minimum atomic E-state index is -0.0617. The van der Waals surface area contributed by atoms with E-state index in [4.69, 9.17) is 15.2 Å². The average Bonchev–Trinajstić information content (AvgIpc) is 2.93. The van der Waals surface area contributed by atoms with Crippen molar-refractivity contribution in [1.29, 1.82) is 0 Å². The average molecular weight is 277 g/mol. The molecule has 1 aromatic heterocycles. The van der Waals surface area contributed by atoms with Gasteiger partial charge in [-0.3, -0.25) is 0 Å². The van der Waals surface area contributed by atoms with Crippen LogP contribution in [-0.2, 0) is 11.3 Å². The van der Waals surface area contributed by atoms with Crippen LogP contribution in [0.2, 0.25) is 0 Å². The standard InChI is InChI=1S/C15H19NO2S/c1-11(16)15(13-7-8-19-10-13)18-9-12-3-5-14(17-2)6-4-12/h3-8,10-11,15H,9,16H2,1-2H3. The Kier molecular flexibility index (Phi) is 4.96. The molecule has 0 fully saturated rings. The number of hydrogen-bond donors (Lipinski definition) is 1. The molecule has 19 heavy (non-hydrogen) atoms. The van der Waals surface area contributed by atoms with Crippen molar-refractivity contribution < 1.29 is 9.47 Å². The van der Waals surface area contributed by atoms with Gasteiger partial charge in [-0.2, -0.15) is 11.3 Å². The number of methoxy groups -OCH3 is 1. The quantitative estimate of drug-likeness (QED) is 0.880. The summed E-state index contributed by atoms with van der Waals surface area (Å²) in [6.07, 6.45) is -0.0617. The van der Waals surface area contributed by atoms with Crippen molar-refractivity contribution in [2.75, 3.05) is 7.11 Å². The summed E-state index contributed by atoms with van der Waals surface area (Å²) in [5.74, 6) is 0.852. The maximum Gasteiger partial charge on any atom is 0.118 e. The van der Waals surface area contributed by atoms with Gasteiger partial charge in [0.2, 0.25) is 0 Å². The second kappa shape index (κ2) is 6.70. The molecule has 1 aromatic carbocycles. The van der Waals surface area contributed by atoms with E-state index in [2.05, 4.69) is 11.4 Å². The van der Waals surface area contributed by atoms with Gasteiger partial charge in [0.1, 0.15) is 5.75 Å². The summed E-state index contributed by atoms with van der Waals surface area (Å²) < 4.78 is 11.1. The molecule has 3 nitrogen and oxygen atoms in total. The Morgan fingerprint density at radius 2 is 1.95 bits per heavy atom. The maximum absolute atomic E-state index is 6.00. The van der Waals surface area contributed by atoms with Gasteiger partial charge in [-0.05, 0) is 47.0 Å². The van der Waals surface area contributed by atoms with E-state index in [9.17, 15) is 0 Å². The molecule has 2 atom stereocenters. The van der Waals surface area contributed by atoms with Gasteiger partial charge >= 0.3 is 0 Å². The molecule has 2 unspecified atom stereocenters. The van der Waals surface area contributed by atoms with Gasteiger partial charge in [0, 0.05) is 6.04 Å². The molecule has 102 valence electrons. The van der Waals surface area contributed by atoms with E-state index in [-0.39, 0.29) is 12.1 Å². The minimum Gasteiger partial charge on any atom is -0.497 e. The Balaban J connectivity index is 1.98. The zero-order valence-electron chi connectivity index (χ0n) is 11.2. The first kappa shape index (κ1) is 14.1. The fourth-order valence-corrected chi connectivity index (χ4v) is 2.58. The van der Waals surface area contributed by atoms with Gasteiger partial charge < -0.3 is 15.2 Å². The third-order valence-electron chi connectivity index (χ3n) is 2.94. The molecule has 0 aliphatic carbocycles.